The van der Waals surface area contributed by atoms with E-state index in [1.165, 1.54) is 11.3 Å². The third-order valence-corrected chi connectivity index (χ3v) is 3.90. The topological polar surface area (TPSA) is 101 Å². The van der Waals surface area contributed by atoms with Crippen LogP contribution in [0.4, 0.5) is 5.69 Å². The molecule has 6 nitrogen and oxygen atoms in total. The van der Waals surface area contributed by atoms with Gasteiger partial charge < -0.3 is 16.2 Å². The molecule has 0 aliphatic rings. The number of thiophene rings is 1. The number of aromatic nitrogens is 2. The third-order valence-electron chi connectivity index (χ3n) is 2.80. The number of carbonyl (C=O) groups excluding carboxylic acids is 1. The Labute approximate surface area is 114 Å². The number of anilines is 1. The van der Waals surface area contributed by atoms with E-state index in [4.69, 9.17) is 10.8 Å². The Hall–Kier alpha value is -1.73. The Morgan fingerprint density at radius 1 is 1.63 bits per heavy atom. The fourth-order valence-corrected chi connectivity index (χ4v) is 2.74. The second kappa shape index (κ2) is 5.94. The first-order valence-corrected chi connectivity index (χ1v) is 6.86. The van der Waals surface area contributed by atoms with Crippen LogP contribution in [0.1, 0.15) is 29.4 Å². The fourth-order valence-electron chi connectivity index (χ4n) is 1.80. The summed E-state index contributed by atoms with van der Waals surface area (Å²) in [4.78, 5) is 13.2. The normalized spacial score (nSPS) is 12.5. The van der Waals surface area contributed by atoms with Crippen LogP contribution in [0.15, 0.2) is 12.3 Å². The van der Waals surface area contributed by atoms with Crippen molar-refractivity contribution in [2.75, 3.05) is 12.3 Å². The molecule has 102 valence electrons. The first kappa shape index (κ1) is 13.7. The lowest BCUT2D eigenvalue weighted by molar-refractivity contribution is 0.0941. The summed E-state index contributed by atoms with van der Waals surface area (Å²) < 4.78 is 0. The number of fused-ring (bicyclic) bond motifs is 1. The number of hydrogen-bond acceptors (Lipinski definition) is 6. The highest BCUT2D eigenvalue weighted by atomic mass is 32.1. The largest absolute Gasteiger partial charge is 0.397 e. The van der Waals surface area contributed by atoms with E-state index in [1.54, 1.807) is 12.3 Å². The van der Waals surface area contributed by atoms with Crippen molar-refractivity contribution in [3.63, 3.8) is 0 Å². The third kappa shape index (κ3) is 2.99. The number of amides is 1. The first-order valence-electron chi connectivity index (χ1n) is 6.05. The molecule has 2 aromatic rings. The van der Waals surface area contributed by atoms with Crippen molar-refractivity contribution in [3.8, 4) is 0 Å². The van der Waals surface area contributed by atoms with Crippen molar-refractivity contribution in [1.82, 2.24) is 15.5 Å². The second-order valence-corrected chi connectivity index (χ2v) is 5.33. The minimum Gasteiger partial charge on any atom is -0.397 e. The van der Waals surface area contributed by atoms with Crippen LogP contribution in [0.3, 0.4) is 0 Å². The lowest BCUT2D eigenvalue weighted by Crippen LogP contribution is -2.32. The molecule has 0 bridgehead atoms. The van der Waals surface area contributed by atoms with Gasteiger partial charge in [-0.1, -0.05) is 0 Å². The zero-order valence-corrected chi connectivity index (χ0v) is 11.4. The van der Waals surface area contributed by atoms with Crippen LogP contribution in [0.25, 0.3) is 10.2 Å². The number of aliphatic hydroxyl groups is 1. The van der Waals surface area contributed by atoms with Crippen molar-refractivity contribution in [3.05, 3.63) is 17.1 Å². The van der Waals surface area contributed by atoms with Crippen LogP contribution in [0.5, 0.6) is 0 Å². The molecule has 0 spiro atoms. The van der Waals surface area contributed by atoms with Gasteiger partial charge in [0.25, 0.3) is 5.91 Å². The predicted octanol–water partition coefficient (Wildman–Crippen LogP) is 1.16. The lowest BCUT2D eigenvalue weighted by atomic mass is 10.2. The maximum atomic E-state index is 12.1. The monoisotopic (exact) mass is 280 g/mol. The Balaban J connectivity index is 2.15. The summed E-state index contributed by atoms with van der Waals surface area (Å²) in [6, 6.07) is 1.75. The number of nitrogens with two attached hydrogens (primary N) is 1. The summed E-state index contributed by atoms with van der Waals surface area (Å²) in [6.45, 7) is 2.03. The zero-order chi connectivity index (χ0) is 13.8. The van der Waals surface area contributed by atoms with E-state index in [0.717, 1.165) is 11.8 Å². The maximum absolute atomic E-state index is 12.1. The van der Waals surface area contributed by atoms with Gasteiger partial charge in [-0.25, -0.2) is 0 Å². The summed E-state index contributed by atoms with van der Waals surface area (Å²) in [6.07, 6.45) is 2.94. The Morgan fingerprint density at radius 3 is 3.11 bits per heavy atom. The molecule has 19 heavy (non-hydrogen) atoms. The molecule has 7 heteroatoms. The molecule has 0 saturated carbocycles. The smallest absolute Gasteiger partial charge is 0.263 e. The number of nitrogens with one attached hydrogen (secondary N) is 1. The number of carbonyl (C=O) groups is 1. The van der Waals surface area contributed by atoms with Crippen LogP contribution >= 0.6 is 11.3 Å². The highest BCUT2D eigenvalue weighted by Crippen LogP contribution is 2.31. The second-order valence-electron chi connectivity index (χ2n) is 4.34. The van der Waals surface area contributed by atoms with Crippen LogP contribution in [-0.4, -0.2) is 33.9 Å². The zero-order valence-electron chi connectivity index (χ0n) is 10.6. The van der Waals surface area contributed by atoms with E-state index in [0.29, 0.717) is 21.8 Å². The van der Waals surface area contributed by atoms with E-state index in [1.807, 2.05) is 6.92 Å². The van der Waals surface area contributed by atoms with Crippen molar-refractivity contribution in [2.24, 2.45) is 0 Å². The Kier molecular flexibility index (Phi) is 4.28. The summed E-state index contributed by atoms with van der Waals surface area (Å²) in [5.41, 5.74) is 6.40. The summed E-state index contributed by atoms with van der Waals surface area (Å²) >= 11 is 1.24. The van der Waals surface area contributed by atoms with Gasteiger partial charge in [0.2, 0.25) is 0 Å². The molecule has 0 aliphatic heterocycles. The fraction of sp³-hybridized carbons (Fsp3) is 0.417. The molecule has 0 fully saturated rings. The number of nitrogen functional groups attached to an aromatic ring is 1. The molecule has 0 saturated heterocycles. The molecule has 2 rings (SSSR count). The minimum absolute atomic E-state index is 0.00431. The van der Waals surface area contributed by atoms with Crippen molar-refractivity contribution < 1.29 is 9.90 Å². The van der Waals surface area contributed by atoms with Crippen LogP contribution in [-0.2, 0) is 0 Å². The SMILES string of the molecule is CC(CCCO)NC(=O)c1sc2nnccc2c1N. The van der Waals surface area contributed by atoms with E-state index in [-0.39, 0.29) is 18.6 Å². The molecule has 4 N–H and O–H groups in total. The Bertz CT molecular complexity index is 584. The van der Waals surface area contributed by atoms with Gasteiger partial charge in [-0.3, -0.25) is 4.79 Å². The van der Waals surface area contributed by atoms with E-state index in [9.17, 15) is 4.79 Å². The summed E-state index contributed by atoms with van der Waals surface area (Å²) in [5, 5.41) is 20.1. The average Bonchev–Trinajstić information content (AvgIpc) is 2.74. The number of hydrogen-bond donors (Lipinski definition) is 3. The van der Waals surface area contributed by atoms with Gasteiger partial charge >= 0.3 is 0 Å². The average molecular weight is 280 g/mol. The molecular formula is C12H16N4O2S. The van der Waals surface area contributed by atoms with Crippen molar-refractivity contribution in [1.29, 1.82) is 0 Å². The van der Waals surface area contributed by atoms with Crippen LogP contribution in [0.2, 0.25) is 0 Å². The quantitative estimate of drug-likeness (QED) is 0.763. The van der Waals surface area contributed by atoms with Gasteiger partial charge in [0.05, 0.1) is 11.9 Å². The number of nitrogens with zero attached hydrogens (tertiary/aromatic N) is 2. The maximum Gasteiger partial charge on any atom is 0.263 e. The van der Waals surface area contributed by atoms with Gasteiger partial charge in [0.15, 0.2) is 0 Å². The van der Waals surface area contributed by atoms with Gasteiger partial charge in [-0.2, -0.15) is 5.10 Å². The molecule has 2 aromatic heterocycles. The lowest BCUT2D eigenvalue weighted by Gasteiger charge is -2.12. The molecule has 0 radical (unpaired) electrons. The summed E-state index contributed by atoms with van der Waals surface area (Å²) in [5.74, 6) is -0.203. The predicted molar refractivity (Wildman–Crippen MR) is 75.1 cm³/mol. The minimum atomic E-state index is -0.203. The molecular weight excluding hydrogens is 264 g/mol. The van der Waals surface area contributed by atoms with E-state index in [2.05, 4.69) is 15.5 Å². The Morgan fingerprint density at radius 2 is 2.42 bits per heavy atom. The van der Waals surface area contributed by atoms with Crippen LogP contribution in [0, 0.1) is 0 Å². The molecule has 1 atom stereocenters. The molecule has 0 aromatic carbocycles. The molecule has 1 unspecified atom stereocenters. The van der Waals surface area contributed by atoms with Gasteiger partial charge in [-0.15, -0.1) is 16.4 Å². The van der Waals surface area contributed by atoms with Gasteiger partial charge in [0, 0.05) is 18.0 Å². The van der Waals surface area contributed by atoms with E-state index < -0.39 is 0 Å². The highest BCUT2D eigenvalue weighted by molar-refractivity contribution is 7.21. The van der Waals surface area contributed by atoms with Crippen molar-refractivity contribution in [2.45, 2.75) is 25.8 Å². The molecule has 1 amide bonds. The highest BCUT2D eigenvalue weighted by Gasteiger charge is 2.18. The number of aliphatic hydroxyl groups excluding tert-OH is 1. The summed E-state index contributed by atoms with van der Waals surface area (Å²) in [7, 11) is 0. The molecule has 2 heterocycles. The van der Waals surface area contributed by atoms with Crippen molar-refractivity contribution >= 4 is 33.1 Å². The number of rotatable bonds is 5. The van der Waals surface area contributed by atoms with Gasteiger partial charge in [-0.05, 0) is 25.8 Å². The molecule has 0 aliphatic carbocycles. The van der Waals surface area contributed by atoms with E-state index >= 15 is 0 Å². The standard InChI is InChI=1S/C12H16N4O2S/c1-7(3-2-6-17)15-11(18)10-9(13)8-4-5-14-16-12(8)19-10/h4-5,7,17H,2-3,6,13H2,1H3,(H,15,18). The van der Waals surface area contributed by atoms with Gasteiger partial charge in [0.1, 0.15) is 9.71 Å². The van der Waals surface area contributed by atoms with Crippen LogP contribution < -0.4 is 11.1 Å². The first-order chi connectivity index (χ1) is 9.13.